The number of benzene rings is 1. The minimum atomic E-state index is -0.571. The molecule has 0 fully saturated rings. The molecule has 3 N–H and O–H groups in total. The van der Waals surface area contributed by atoms with Crippen LogP contribution >= 0.6 is 0 Å². The van der Waals surface area contributed by atoms with E-state index in [-0.39, 0.29) is 43.5 Å². The Balaban J connectivity index is 2.22. The van der Waals surface area contributed by atoms with E-state index >= 15 is 0 Å². The highest BCUT2D eigenvalue weighted by molar-refractivity contribution is 6.08. The van der Waals surface area contributed by atoms with E-state index in [0.29, 0.717) is 12.1 Å². The number of amides is 1. The van der Waals surface area contributed by atoms with Gasteiger partial charge in [-0.25, -0.2) is 4.79 Å². The number of methoxy groups -OCH3 is 1. The molecule has 23 heavy (non-hydrogen) atoms. The van der Waals surface area contributed by atoms with Gasteiger partial charge in [0.25, 0.3) is 5.91 Å². The highest BCUT2D eigenvalue weighted by Gasteiger charge is 2.34. The number of hydrogen-bond acceptors (Lipinski definition) is 6. The summed E-state index contributed by atoms with van der Waals surface area (Å²) in [6.07, 6.45) is 0.555. The predicted molar refractivity (Wildman–Crippen MR) is 83.6 cm³/mol. The van der Waals surface area contributed by atoms with Crippen LogP contribution in [-0.2, 0) is 20.7 Å². The molecule has 0 aliphatic carbocycles. The van der Waals surface area contributed by atoms with Gasteiger partial charge in [-0.3, -0.25) is 4.79 Å². The maximum atomic E-state index is 12.4. The van der Waals surface area contributed by atoms with Gasteiger partial charge in [0, 0.05) is 18.8 Å². The number of anilines is 1. The molecule has 0 spiro atoms. The minimum Gasteiger partial charge on any atom is -0.466 e. The maximum absolute atomic E-state index is 12.4. The fourth-order valence-electron chi connectivity index (χ4n) is 2.38. The second-order valence-electron chi connectivity index (χ2n) is 5.09. The van der Waals surface area contributed by atoms with Gasteiger partial charge in [0.2, 0.25) is 0 Å². The third-order valence-corrected chi connectivity index (χ3v) is 3.58. The van der Waals surface area contributed by atoms with E-state index in [4.69, 9.17) is 14.9 Å². The summed E-state index contributed by atoms with van der Waals surface area (Å²) < 4.78 is 4.72. The molecule has 2 rings (SSSR count). The topological polar surface area (TPSA) is 99.1 Å². The van der Waals surface area contributed by atoms with Gasteiger partial charge in [-0.1, -0.05) is 12.1 Å². The number of carbonyl (C=O) groups excluding carboxylic acids is 2. The fraction of sp³-hybridized carbons (Fsp3) is 0.375. The molecule has 0 saturated carbocycles. The maximum Gasteiger partial charge on any atom is 0.337 e. The summed E-state index contributed by atoms with van der Waals surface area (Å²) in [7, 11) is 1.26. The van der Waals surface area contributed by atoms with Gasteiger partial charge in [0.15, 0.2) is 0 Å². The molecule has 1 aliphatic rings. The Kier molecular flexibility index (Phi) is 5.72. The number of ether oxygens (including phenoxy) is 1. The molecule has 0 saturated heterocycles. The summed E-state index contributed by atoms with van der Waals surface area (Å²) in [5, 5.41) is 20.9. The van der Waals surface area contributed by atoms with Crippen molar-refractivity contribution in [3.63, 3.8) is 0 Å². The Hall–Kier alpha value is -2.38. The number of carbonyl (C=O) groups is 2. The van der Waals surface area contributed by atoms with Gasteiger partial charge in [-0.05, 0) is 24.1 Å². The highest BCUT2D eigenvalue weighted by atomic mass is 16.5. The molecule has 1 heterocycles. The molecule has 0 aromatic heterocycles. The van der Waals surface area contributed by atoms with Crippen molar-refractivity contribution in [3.05, 3.63) is 41.1 Å². The Morgan fingerprint density at radius 3 is 2.52 bits per heavy atom. The Labute approximate surface area is 134 Å². The van der Waals surface area contributed by atoms with E-state index in [1.807, 2.05) is 12.1 Å². The lowest BCUT2D eigenvalue weighted by molar-refractivity contribution is -0.136. The normalized spacial score (nSPS) is 14.4. The molecule has 124 valence electrons. The molecule has 1 aliphatic heterocycles. The van der Waals surface area contributed by atoms with E-state index in [1.54, 1.807) is 12.1 Å². The van der Waals surface area contributed by atoms with E-state index in [1.165, 1.54) is 12.0 Å². The SMILES string of the molecule is COC(=O)C1=C(Nc2ccc(CCO)cc2)C(=O)N(CCO)C1. The van der Waals surface area contributed by atoms with Crippen molar-refractivity contribution < 1.29 is 24.5 Å². The fourth-order valence-corrected chi connectivity index (χ4v) is 2.38. The van der Waals surface area contributed by atoms with Crippen molar-refractivity contribution in [1.82, 2.24) is 4.90 Å². The lowest BCUT2D eigenvalue weighted by Gasteiger charge is -2.15. The van der Waals surface area contributed by atoms with Crippen LogP contribution in [0.4, 0.5) is 5.69 Å². The zero-order chi connectivity index (χ0) is 16.8. The van der Waals surface area contributed by atoms with Crippen LogP contribution < -0.4 is 5.32 Å². The first-order valence-corrected chi connectivity index (χ1v) is 7.29. The van der Waals surface area contributed by atoms with Crippen LogP contribution in [0.5, 0.6) is 0 Å². The van der Waals surface area contributed by atoms with Gasteiger partial charge in [0.05, 0.1) is 25.8 Å². The van der Waals surface area contributed by atoms with E-state index in [2.05, 4.69) is 5.32 Å². The van der Waals surface area contributed by atoms with Gasteiger partial charge in [0.1, 0.15) is 5.70 Å². The van der Waals surface area contributed by atoms with Crippen LogP contribution in [0.2, 0.25) is 0 Å². The molecular weight excluding hydrogens is 300 g/mol. The summed E-state index contributed by atoms with van der Waals surface area (Å²) >= 11 is 0. The van der Waals surface area contributed by atoms with Crippen LogP contribution in [0.25, 0.3) is 0 Å². The molecule has 7 heteroatoms. The highest BCUT2D eigenvalue weighted by Crippen LogP contribution is 2.22. The quantitative estimate of drug-likeness (QED) is 0.607. The first-order chi connectivity index (χ1) is 11.1. The molecule has 1 aromatic rings. The van der Waals surface area contributed by atoms with Crippen LogP contribution in [0.3, 0.4) is 0 Å². The number of β-amino-alcohol motifs (C(OH)–C–C–N with tert-alkyl or cyclic N) is 1. The molecule has 1 aromatic carbocycles. The summed E-state index contributed by atoms with van der Waals surface area (Å²) in [5.74, 6) is -0.919. The monoisotopic (exact) mass is 320 g/mol. The van der Waals surface area contributed by atoms with Gasteiger partial charge in [-0.2, -0.15) is 0 Å². The Bertz CT molecular complexity index is 609. The summed E-state index contributed by atoms with van der Waals surface area (Å²) in [4.78, 5) is 25.6. The molecule has 0 radical (unpaired) electrons. The minimum absolute atomic E-state index is 0.0685. The average molecular weight is 320 g/mol. The number of nitrogens with one attached hydrogen (secondary N) is 1. The number of nitrogens with zero attached hydrogens (tertiary/aromatic N) is 1. The summed E-state index contributed by atoms with van der Waals surface area (Å²) in [5.41, 5.74) is 2.03. The first-order valence-electron chi connectivity index (χ1n) is 7.29. The molecule has 0 unspecified atom stereocenters. The molecular formula is C16H20N2O5. The predicted octanol–water partition coefficient (Wildman–Crippen LogP) is -0.105. The molecule has 7 nitrogen and oxygen atoms in total. The Morgan fingerprint density at radius 1 is 1.26 bits per heavy atom. The lowest BCUT2D eigenvalue weighted by atomic mass is 10.1. The second-order valence-corrected chi connectivity index (χ2v) is 5.09. The van der Waals surface area contributed by atoms with Crippen molar-refractivity contribution in [2.45, 2.75) is 6.42 Å². The molecule has 0 atom stereocenters. The van der Waals surface area contributed by atoms with Crippen LogP contribution in [-0.4, -0.2) is 60.4 Å². The summed E-state index contributed by atoms with van der Waals surface area (Å²) in [6.45, 7) is 0.152. The number of rotatable bonds is 7. The van der Waals surface area contributed by atoms with Gasteiger partial charge >= 0.3 is 5.97 Å². The number of hydrogen-bond donors (Lipinski definition) is 3. The van der Waals surface area contributed by atoms with E-state index in [9.17, 15) is 9.59 Å². The zero-order valence-electron chi connectivity index (χ0n) is 12.9. The first kappa shape index (κ1) is 17.0. The largest absolute Gasteiger partial charge is 0.466 e. The van der Waals surface area contributed by atoms with Gasteiger partial charge in [-0.15, -0.1) is 0 Å². The van der Waals surface area contributed by atoms with Crippen molar-refractivity contribution >= 4 is 17.6 Å². The lowest BCUT2D eigenvalue weighted by Crippen LogP contribution is -2.31. The molecule has 0 bridgehead atoms. The van der Waals surface area contributed by atoms with E-state index < -0.39 is 5.97 Å². The van der Waals surface area contributed by atoms with E-state index in [0.717, 1.165) is 5.56 Å². The van der Waals surface area contributed by atoms with Crippen LogP contribution in [0, 0.1) is 0 Å². The number of aliphatic hydroxyl groups is 2. The van der Waals surface area contributed by atoms with Gasteiger partial charge < -0.3 is 25.2 Å². The van der Waals surface area contributed by atoms with Crippen LogP contribution in [0.1, 0.15) is 5.56 Å². The zero-order valence-corrected chi connectivity index (χ0v) is 12.9. The third kappa shape index (κ3) is 3.88. The van der Waals surface area contributed by atoms with Crippen molar-refractivity contribution in [3.8, 4) is 0 Å². The van der Waals surface area contributed by atoms with Crippen LogP contribution in [0.15, 0.2) is 35.5 Å². The smallest absolute Gasteiger partial charge is 0.337 e. The second kappa shape index (κ2) is 7.75. The van der Waals surface area contributed by atoms with Crippen molar-refractivity contribution in [2.75, 3.05) is 38.7 Å². The number of aliphatic hydroxyl groups excluding tert-OH is 2. The van der Waals surface area contributed by atoms with Crippen molar-refractivity contribution in [1.29, 1.82) is 0 Å². The Morgan fingerprint density at radius 2 is 1.96 bits per heavy atom. The number of esters is 1. The average Bonchev–Trinajstić information content (AvgIpc) is 2.86. The van der Waals surface area contributed by atoms with Crippen molar-refractivity contribution in [2.24, 2.45) is 0 Å². The third-order valence-electron chi connectivity index (χ3n) is 3.58. The summed E-state index contributed by atoms with van der Waals surface area (Å²) in [6, 6.07) is 7.22. The molecule has 1 amide bonds. The standard InChI is InChI=1S/C16H20N2O5/c1-23-16(22)13-10-18(7-9-20)15(21)14(13)17-12-4-2-11(3-5-12)6-8-19/h2-5,17,19-20H,6-10H2,1H3.